The Labute approximate surface area is 189 Å². The molecule has 0 saturated carbocycles. The minimum absolute atomic E-state index is 0.00511. The Kier molecular flexibility index (Phi) is 6.46. The number of benzene rings is 2. The molecule has 0 unspecified atom stereocenters. The van der Waals surface area contributed by atoms with Crippen molar-refractivity contribution in [3.8, 4) is 11.4 Å². The van der Waals surface area contributed by atoms with E-state index < -0.39 is 0 Å². The first-order valence-corrected chi connectivity index (χ1v) is 11.0. The van der Waals surface area contributed by atoms with Gasteiger partial charge in [-0.3, -0.25) is 9.69 Å². The third-order valence-electron chi connectivity index (χ3n) is 5.99. The predicted molar refractivity (Wildman–Crippen MR) is 128 cm³/mol. The van der Waals surface area contributed by atoms with Crippen LogP contribution in [0.4, 0.5) is 11.4 Å². The molecule has 2 heterocycles. The molecule has 4 rings (SSSR count). The molecule has 32 heavy (non-hydrogen) atoms. The Hall–Kier alpha value is -3.32. The number of rotatable bonds is 6. The summed E-state index contributed by atoms with van der Waals surface area (Å²) >= 11 is 0. The second kappa shape index (κ2) is 9.44. The molecule has 1 aliphatic rings. The van der Waals surface area contributed by atoms with Crippen molar-refractivity contribution < 1.29 is 9.53 Å². The fraction of sp³-hybridized carbons (Fsp3) is 0.360. The van der Waals surface area contributed by atoms with Gasteiger partial charge >= 0.3 is 0 Å². The van der Waals surface area contributed by atoms with Gasteiger partial charge in [0, 0.05) is 37.9 Å². The van der Waals surface area contributed by atoms with Crippen LogP contribution >= 0.6 is 0 Å². The van der Waals surface area contributed by atoms with Crippen LogP contribution in [0, 0.1) is 20.8 Å². The first kappa shape index (κ1) is 21.9. The van der Waals surface area contributed by atoms with Gasteiger partial charge in [-0.15, -0.1) is 0 Å². The summed E-state index contributed by atoms with van der Waals surface area (Å²) in [6.07, 6.45) is 0. The molecule has 1 aliphatic heterocycles. The maximum Gasteiger partial charge on any atom is 0.238 e. The molecule has 3 aromatic rings. The zero-order chi connectivity index (χ0) is 22.7. The zero-order valence-electron chi connectivity index (χ0n) is 19.3. The first-order valence-electron chi connectivity index (χ1n) is 11.0. The highest BCUT2D eigenvalue weighted by Gasteiger charge is 2.21. The monoisotopic (exact) mass is 433 g/mol. The highest BCUT2D eigenvalue weighted by atomic mass is 16.5. The van der Waals surface area contributed by atoms with Crippen molar-refractivity contribution in [3.05, 3.63) is 65.5 Å². The minimum Gasteiger partial charge on any atom is -0.497 e. The first-order chi connectivity index (χ1) is 15.4. The van der Waals surface area contributed by atoms with Crippen molar-refractivity contribution in [1.29, 1.82) is 0 Å². The highest BCUT2D eigenvalue weighted by molar-refractivity contribution is 5.93. The van der Waals surface area contributed by atoms with Crippen molar-refractivity contribution >= 4 is 17.3 Å². The van der Waals surface area contributed by atoms with Crippen LogP contribution in [-0.4, -0.2) is 60.4 Å². The maximum atomic E-state index is 12.8. The van der Waals surface area contributed by atoms with Gasteiger partial charge < -0.3 is 15.0 Å². The fourth-order valence-corrected chi connectivity index (χ4v) is 4.11. The number of amides is 1. The molecular formula is C25H31N5O2. The predicted octanol–water partition coefficient (Wildman–Crippen LogP) is 3.57. The normalized spacial score (nSPS) is 14.4. The van der Waals surface area contributed by atoms with Gasteiger partial charge in [0.05, 0.1) is 36.4 Å². The largest absolute Gasteiger partial charge is 0.497 e. The van der Waals surface area contributed by atoms with Gasteiger partial charge in [-0.25, -0.2) is 4.68 Å². The number of nitrogens with zero attached hydrogens (tertiary/aromatic N) is 4. The van der Waals surface area contributed by atoms with E-state index in [2.05, 4.69) is 51.4 Å². The van der Waals surface area contributed by atoms with E-state index in [-0.39, 0.29) is 5.91 Å². The van der Waals surface area contributed by atoms with E-state index in [9.17, 15) is 4.79 Å². The number of hydrogen-bond donors (Lipinski definition) is 1. The highest BCUT2D eigenvalue weighted by Crippen LogP contribution is 2.24. The van der Waals surface area contributed by atoms with Gasteiger partial charge in [-0.2, -0.15) is 5.10 Å². The Bertz CT molecular complexity index is 1080. The number of aromatic nitrogens is 2. The van der Waals surface area contributed by atoms with Crippen molar-refractivity contribution in [2.45, 2.75) is 20.8 Å². The van der Waals surface area contributed by atoms with Crippen LogP contribution in [0.1, 0.15) is 17.0 Å². The van der Waals surface area contributed by atoms with Crippen molar-refractivity contribution in [2.75, 3.05) is 50.1 Å². The molecule has 0 aliphatic carbocycles. The number of anilines is 2. The van der Waals surface area contributed by atoms with E-state index in [1.165, 1.54) is 5.56 Å². The van der Waals surface area contributed by atoms with Gasteiger partial charge in [-0.1, -0.05) is 23.8 Å². The quantitative estimate of drug-likeness (QED) is 0.644. The van der Waals surface area contributed by atoms with Crippen LogP contribution in [0.3, 0.4) is 0 Å². The van der Waals surface area contributed by atoms with Gasteiger partial charge in [-0.05, 0) is 45.0 Å². The van der Waals surface area contributed by atoms with Crippen LogP contribution < -0.4 is 15.0 Å². The lowest BCUT2D eigenvalue weighted by Gasteiger charge is -2.35. The molecule has 7 heteroatoms. The molecule has 1 N–H and O–H groups in total. The lowest BCUT2D eigenvalue weighted by Crippen LogP contribution is -2.48. The minimum atomic E-state index is -0.00511. The second-order valence-electron chi connectivity index (χ2n) is 8.31. The lowest BCUT2D eigenvalue weighted by atomic mass is 10.2. The average molecular weight is 434 g/mol. The van der Waals surface area contributed by atoms with E-state index >= 15 is 0 Å². The molecule has 168 valence electrons. The number of ether oxygens (including phenoxy) is 1. The van der Waals surface area contributed by atoms with Crippen LogP contribution in [0.15, 0.2) is 48.5 Å². The molecule has 1 saturated heterocycles. The zero-order valence-corrected chi connectivity index (χ0v) is 19.3. The number of aryl methyl sites for hydroxylation is 2. The topological polar surface area (TPSA) is 62.6 Å². The van der Waals surface area contributed by atoms with Crippen molar-refractivity contribution in [3.63, 3.8) is 0 Å². The van der Waals surface area contributed by atoms with Gasteiger partial charge in [0.15, 0.2) is 0 Å². The molecule has 0 spiro atoms. The van der Waals surface area contributed by atoms with E-state index in [1.54, 1.807) is 7.11 Å². The number of carbonyl (C=O) groups excluding carboxylic acids is 1. The maximum absolute atomic E-state index is 12.8. The summed E-state index contributed by atoms with van der Waals surface area (Å²) in [7, 11) is 1.68. The summed E-state index contributed by atoms with van der Waals surface area (Å²) < 4.78 is 7.22. The summed E-state index contributed by atoms with van der Waals surface area (Å²) in [5.41, 5.74) is 5.90. The lowest BCUT2D eigenvalue weighted by molar-refractivity contribution is -0.117. The Morgan fingerprint density at radius 2 is 1.72 bits per heavy atom. The van der Waals surface area contributed by atoms with Crippen LogP contribution in [0.5, 0.6) is 5.75 Å². The number of carbonyl (C=O) groups is 1. The molecule has 1 amide bonds. The van der Waals surface area contributed by atoms with Gasteiger partial charge in [0.25, 0.3) is 0 Å². The third kappa shape index (κ3) is 4.78. The third-order valence-corrected chi connectivity index (χ3v) is 5.99. The number of hydrogen-bond acceptors (Lipinski definition) is 5. The summed E-state index contributed by atoms with van der Waals surface area (Å²) in [5, 5.41) is 7.73. The average Bonchev–Trinajstić information content (AvgIpc) is 3.08. The van der Waals surface area contributed by atoms with E-state index in [1.807, 2.05) is 42.8 Å². The Balaban J connectivity index is 1.35. The van der Waals surface area contributed by atoms with Gasteiger partial charge in [0.1, 0.15) is 5.75 Å². The van der Waals surface area contributed by atoms with Crippen LogP contribution in [0.2, 0.25) is 0 Å². The van der Waals surface area contributed by atoms with Crippen LogP contribution in [0.25, 0.3) is 5.69 Å². The molecule has 0 bridgehead atoms. The summed E-state index contributed by atoms with van der Waals surface area (Å²) in [5.74, 6) is 0.857. The molecule has 2 aromatic carbocycles. The van der Waals surface area contributed by atoms with E-state index in [4.69, 9.17) is 4.74 Å². The number of nitrogens with one attached hydrogen (secondary N) is 1. The smallest absolute Gasteiger partial charge is 0.238 e. The second-order valence-corrected chi connectivity index (χ2v) is 8.31. The van der Waals surface area contributed by atoms with E-state index in [0.717, 1.165) is 60.4 Å². The Morgan fingerprint density at radius 1 is 1.00 bits per heavy atom. The summed E-state index contributed by atoms with van der Waals surface area (Å²) in [4.78, 5) is 17.3. The molecule has 1 aromatic heterocycles. The number of methoxy groups -OCH3 is 1. The van der Waals surface area contributed by atoms with Crippen LogP contribution in [-0.2, 0) is 4.79 Å². The van der Waals surface area contributed by atoms with E-state index in [0.29, 0.717) is 6.54 Å². The van der Waals surface area contributed by atoms with Crippen molar-refractivity contribution in [2.24, 2.45) is 0 Å². The molecule has 0 atom stereocenters. The Morgan fingerprint density at radius 3 is 2.41 bits per heavy atom. The molecular weight excluding hydrogens is 402 g/mol. The standard InChI is InChI=1S/C25H31N5O2/c1-18-8-10-21(11-9-18)30-20(3)25(19(2)27-30)26-24(31)17-28-12-14-29(15-13-28)22-6-5-7-23(16-22)32-4/h5-11,16H,12-15,17H2,1-4H3,(H,26,31). The SMILES string of the molecule is COc1cccc(N2CCN(CC(=O)Nc3c(C)nn(-c4ccc(C)cc4)c3C)CC2)c1. The number of piperazine rings is 1. The molecule has 7 nitrogen and oxygen atoms in total. The molecule has 1 fully saturated rings. The molecule has 0 radical (unpaired) electrons. The van der Waals surface area contributed by atoms with Gasteiger partial charge in [0.2, 0.25) is 5.91 Å². The van der Waals surface area contributed by atoms with Crippen molar-refractivity contribution in [1.82, 2.24) is 14.7 Å². The summed E-state index contributed by atoms with van der Waals surface area (Å²) in [6, 6.07) is 16.3. The fourth-order valence-electron chi connectivity index (χ4n) is 4.11. The summed E-state index contributed by atoms with van der Waals surface area (Å²) in [6.45, 7) is 9.79.